The molecule has 1 aromatic rings. The fourth-order valence-electron chi connectivity index (χ4n) is 2.20. The summed E-state index contributed by atoms with van der Waals surface area (Å²) in [5, 5.41) is 10.5. The zero-order valence-electron chi connectivity index (χ0n) is 9.73. The quantitative estimate of drug-likeness (QED) is 0.873. The molecule has 0 spiro atoms. The van der Waals surface area contributed by atoms with Gasteiger partial charge < -0.3 is 15.6 Å². The molecule has 0 aromatic heterocycles. The second-order valence-corrected chi connectivity index (χ2v) is 4.90. The summed E-state index contributed by atoms with van der Waals surface area (Å²) < 4.78 is 5.86. The maximum Gasteiger partial charge on any atom is 0.124 e. The number of hydrogen-bond acceptors (Lipinski definition) is 3. The van der Waals surface area contributed by atoms with E-state index in [9.17, 15) is 5.11 Å². The Kier molecular flexibility index (Phi) is 4.26. The average molecular weight is 256 g/mol. The molecule has 1 aliphatic carbocycles. The summed E-state index contributed by atoms with van der Waals surface area (Å²) in [7, 11) is 0. The maximum atomic E-state index is 9.87. The highest BCUT2D eigenvalue weighted by Crippen LogP contribution is 2.28. The molecule has 2 rings (SSSR count). The van der Waals surface area contributed by atoms with E-state index < -0.39 is 0 Å². The molecule has 94 valence electrons. The Morgan fingerprint density at radius 3 is 2.82 bits per heavy atom. The molecule has 0 aliphatic heterocycles. The predicted octanol–water partition coefficient (Wildman–Crippen LogP) is 2.48. The lowest BCUT2D eigenvalue weighted by atomic mass is 9.95. The molecule has 17 heavy (non-hydrogen) atoms. The Hall–Kier alpha value is -0.770. The van der Waals surface area contributed by atoms with Gasteiger partial charge in [0.15, 0.2) is 0 Å². The van der Waals surface area contributed by atoms with Crippen molar-refractivity contribution in [2.75, 3.05) is 0 Å². The summed E-state index contributed by atoms with van der Waals surface area (Å²) in [6.07, 6.45) is 3.41. The Morgan fingerprint density at radius 2 is 2.12 bits per heavy atom. The molecule has 1 fully saturated rings. The van der Waals surface area contributed by atoms with Crippen LogP contribution in [0.3, 0.4) is 0 Å². The molecule has 2 atom stereocenters. The fourth-order valence-corrected chi connectivity index (χ4v) is 2.40. The third-order valence-electron chi connectivity index (χ3n) is 3.19. The lowest BCUT2D eigenvalue weighted by Gasteiger charge is -2.29. The first-order valence-corrected chi connectivity index (χ1v) is 6.41. The fraction of sp³-hybridized carbons (Fsp3) is 0.538. The van der Waals surface area contributed by atoms with E-state index in [0.29, 0.717) is 11.6 Å². The highest BCUT2D eigenvalue weighted by atomic mass is 35.5. The zero-order valence-corrected chi connectivity index (χ0v) is 10.5. The molecular weight excluding hydrogens is 238 g/mol. The van der Waals surface area contributed by atoms with Gasteiger partial charge in [-0.05, 0) is 37.5 Å². The molecular formula is C13H18ClNO2. The molecule has 0 radical (unpaired) electrons. The van der Waals surface area contributed by atoms with Gasteiger partial charge >= 0.3 is 0 Å². The molecule has 0 saturated heterocycles. The molecule has 3 nitrogen and oxygen atoms in total. The molecule has 0 heterocycles. The van der Waals surface area contributed by atoms with Crippen molar-refractivity contribution in [1.29, 1.82) is 0 Å². The van der Waals surface area contributed by atoms with Crippen LogP contribution in [-0.4, -0.2) is 17.3 Å². The predicted molar refractivity (Wildman–Crippen MR) is 68.2 cm³/mol. The standard InChI is InChI=1S/C13H18ClNO2/c14-10-5-6-12(9(7-10)8-15)17-13-4-2-1-3-11(13)16/h5-7,11,13,16H,1-4,8,15H2. The smallest absolute Gasteiger partial charge is 0.124 e. The molecule has 4 heteroatoms. The Morgan fingerprint density at radius 1 is 1.35 bits per heavy atom. The average Bonchev–Trinajstić information content (AvgIpc) is 2.34. The van der Waals surface area contributed by atoms with Crippen LogP contribution in [0.4, 0.5) is 0 Å². The minimum Gasteiger partial charge on any atom is -0.487 e. The maximum absolute atomic E-state index is 9.87. The van der Waals surface area contributed by atoms with Crippen molar-refractivity contribution in [1.82, 2.24) is 0 Å². The van der Waals surface area contributed by atoms with Crippen molar-refractivity contribution < 1.29 is 9.84 Å². The Labute approximate surface area is 107 Å². The van der Waals surface area contributed by atoms with Gasteiger partial charge in [-0.25, -0.2) is 0 Å². The number of nitrogens with two attached hydrogens (primary N) is 1. The molecule has 0 bridgehead atoms. The van der Waals surface area contributed by atoms with Gasteiger partial charge in [0.25, 0.3) is 0 Å². The summed E-state index contributed by atoms with van der Waals surface area (Å²) in [5.41, 5.74) is 6.54. The Balaban J connectivity index is 2.11. The summed E-state index contributed by atoms with van der Waals surface area (Å²) in [6.45, 7) is 0.388. The van der Waals surface area contributed by atoms with E-state index in [0.717, 1.165) is 37.0 Å². The summed E-state index contributed by atoms with van der Waals surface area (Å²) in [5.74, 6) is 0.739. The van der Waals surface area contributed by atoms with Crippen LogP contribution in [0.15, 0.2) is 18.2 Å². The van der Waals surface area contributed by atoms with E-state index in [1.165, 1.54) is 0 Å². The third-order valence-corrected chi connectivity index (χ3v) is 3.42. The van der Waals surface area contributed by atoms with E-state index >= 15 is 0 Å². The Bertz CT molecular complexity index is 384. The number of aliphatic hydroxyl groups excluding tert-OH is 1. The van der Waals surface area contributed by atoms with Crippen LogP contribution in [0.5, 0.6) is 5.75 Å². The van der Waals surface area contributed by atoms with Gasteiger partial charge in [-0.3, -0.25) is 0 Å². The summed E-state index contributed by atoms with van der Waals surface area (Å²) >= 11 is 5.91. The van der Waals surface area contributed by atoms with Gasteiger partial charge in [0, 0.05) is 17.1 Å². The molecule has 1 aliphatic rings. The van der Waals surface area contributed by atoms with Gasteiger partial charge in [-0.15, -0.1) is 0 Å². The van der Waals surface area contributed by atoms with E-state index in [2.05, 4.69) is 0 Å². The number of aliphatic hydroxyl groups is 1. The highest BCUT2D eigenvalue weighted by molar-refractivity contribution is 6.30. The lowest BCUT2D eigenvalue weighted by Crippen LogP contribution is -2.34. The van der Waals surface area contributed by atoms with Crippen molar-refractivity contribution in [3.8, 4) is 5.75 Å². The largest absolute Gasteiger partial charge is 0.487 e. The van der Waals surface area contributed by atoms with Crippen LogP contribution < -0.4 is 10.5 Å². The van der Waals surface area contributed by atoms with Gasteiger partial charge in [0.2, 0.25) is 0 Å². The molecule has 0 amide bonds. The minimum absolute atomic E-state index is 0.116. The second-order valence-electron chi connectivity index (χ2n) is 4.46. The van der Waals surface area contributed by atoms with E-state index in [4.69, 9.17) is 22.1 Å². The zero-order chi connectivity index (χ0) is 12.3. The molecule has 2 unspecified atom stereocenters. The third kappa shape index (κ3) is 3.12. The number of halogens is 1. The highest BCUT2D eigenvalue weighted by Gasteiger charge is 2.25. The first-order chi connectivity index (χ1) is 8.20. The number of ether oxygens (including phenoxy) is 1. The first-order valence-electron chi connectivity index (χ1n) is 6.04. The van der Waals surface area contributed by atoms with Crippen molar-refractivity contribution >= 4 is 11.6 Å². The van der Waals surface area contributed by atoms with Crippen LogP contribution >= 0.6 is 11.6 Å². The van der Waals surface area contributed by atoms with Crippen LogP contribution in [0.25, 0.3) is 0 Å². The number of rotatable bonds is 3. The van der Waals surface area contributed by atoms with Crippen LogP contribution in [-0.2, 0) is 6.54 Å². The summed E-state index contributed by atoms with van der Waals surface area (Å²) in [4.78, 5) is 0. The van der Waals surface area contributed by atoms with Crippen LogP contribution in [0.1, 0.15) is 31.2 Å². The summed E-state index contributed by atoms with van der Waals surface area (Å²) in [6, 6.07) is 5.42. The molecule has 3 N–H and O–H groups in total. The minimum atomic E-state index is -0.370. The topological polar surface area (TPSA) is 55.5 Å². The monoisotopic (exact) mass is 255 g/mol. The van der Waals surface area contributed by atoms with Crippen molar-refractivity contribution in [3.63, 3.8) is 0 Å². The molecule has 1 aromatic carbocycles. The van der Waals surface area contributed by atoms with Gasteiger partial charge in [0.05, 0.1) is 6.10 Å². The first kappa shape index (κ1) is 12.7. The van der Waals surface area contributed by atoms with Gasteiger partial charge in [-0.2, -0.15) is 0 Å². The van der Waals surface area contributed by atoms with Crippen LogP contribution in [0.2, 0.25) is 5.02 Å². The van der Waals surface area contributed by atoms with E-state index in [-0.39, 0.29) is 12.2 Å². The second kappa shape index (κ2) is 5.71. The van der Waals surface area contributed by atoms with Crippen molar-refractivity contribution in [3.05, 3.63) is 28.8 Å². The normalized spacial score (nSPS) is 24.6. The van der Waals surface area contributed by atoms with E-state index in [1.807, 2.05) is 12.1 Å². The molecule has 1 saturated carbocycles. The van der Waals surface area contributed by atoms with Gasteiger partial charge in [-0.1, -0.05) is 18.0 Å². The van der Waals surface area contributed by atoms with Crippen LogP contribution in [0, 0.1) is 0 Å². The van der Waals surface area contributed by atoms with Gasteiger partial charge in [0.1, 0.15) is 11.9 Å². The van der Waals surface area contributed by atoms with E-state index in [1.54, 1.807) is 6.07 Å². The number of hydrogen-bond donors (Lipinski definition) is 2. The lowest BCUT2D eigenvalue weighted by molar-refractivity contribution is 0.00642. The van der Waals surface area contributed by atoms with Crippen molar-refractivity contribution in [2.45, 2.75) is 44.4 Å². The number of benzene rings is 1. The SMILES string of the molecule is NCc1cc(Cl)ccc1OC1CCCCC1O. The van der Waals surface area contributed by atoms with Crippen molar-refractivity contribution in [2.24, 2.45) is 5.73 Å².